The first-order valence-electron chi connectivity index (χ1n) is 11.1. The van der Waals surface area contributed by atoms with E-state index in [4.69, 9.17) is 14.7 Å². The molecule has 31 heavy (non-hydrogen) atoms. The number of benzene rings is 1. The molecule has 8 heteroatoms. The number of anilines is 1. The number of halogens is 1. The molecule has 3 aliphatic heterocycles. The number of aromatic nitrogens is 4. The zero-order valence-corrected chi connectivity index (χ0v) is 19.0. The maximum Gasteiger partial charge on any atom is 0.331 e. The normalized spacial score (nSPS) is 18.1. The largest absolute Gasteiger partial charge is 0.497 e. The second-order valence-electron chi connectivity index (χ2n) is 8.52. The van der Waals surface area contributed by atoms with Crippen molar-refractivity contribution >= 4 is 18.2 Å². The molecule has 0 radical (unpaired) electrons. The van der Waals surface area contributed by atoms with Gasteiger partial charge in [-0.3, -0.25) is 9.13 Å². The molecule has 0 aromatic heterocycles. The van der Waals surface area contributed by atoms with Crippen molar-refractivity contribution in [3.8, 4) is 17.3 Å². The summed E-state index contributed by atoms with van der Waals surface area (Å²) in [6.45, 7) is 3.40. The minimum atomic E-state index is 0. The molecule has 0 bridgehead atoms. The third kappa shape index (κ3) is 3.91. The molecule has 0 saturated heterocycles. The lowest BCUT2D eigenvalue weighted by Gasteiger charge is -2.13. The number of methoxy groups -OCH3 is 1. The molecule has 166 valence electrons. The summed E-state index contributed by atoms with van der Waals surface area (Å²) in [5.41, 5.74) is 2.08. The van der Waals surface area contributed by atoms with Crippen LogP contribution in [0.4, 0.5) is 5.82 Å². The topological polar surface area (TPSA) is 74.0 Å². The van der Waals surface area contributed by atoms with Gasteiger partial charge in [-0.25, -0.2) is 14.8 Å². The Morgan fingerprint density at radius 3 is 2.58 bits per heavy atom. The fourth-order valence-electron chi connectivity index (χ4n) is 4.89. The molecule has 1 atom stereocenters. The minimum Gasteiger partial charge on any atom is -0.497 e. The summed E-state index contributed by atoms with van der Waals surface area (Å²) < 4.78 is 8.94. The fraction of sp³-hybridized carbons (Fsp3) is 0.522. The Hall–Kier alpha value is -2.54. The van der Waals surface area contributed by atoms with E-state index in [1.54, 1.807) is 7.11 Å². The van der Waals surface area contributed by atoms with E-state index in [9.17, 15) is 4.79 Å². The zero-order valence-electron chi connectivity index (χ0n) is 18.1. The second-order valence-corrected chi connectivity index (χ2v) is 8.52. The number of ether oxygens (including phenoxy) is 1. The lowest BCUT2D eigenvalue weighted by molar-refractivity contribution is 0.414. The lowest BCUT2D eigenvalue weighted by atomic mass is 10.1. The third-order valence-electron chi connectivity index (χ3n) is 6.42. The second kappa shape index (κ2) is 8.91. The zero-order chi connectivity index (χ0) is 20.7. The Bertz CT molecular complexity index is 1070. The molecule has 0 spiro atoms. The summed E-state index contributed by atoms with van der Waals surface area (Å²) >= 11 is 0. The number of nitrogens with zero attached hydrogens (tertiary/aromatic N) is 4. The van der Waals surface area contributed by atoms with Crippen LogP contribution in [0.15, 0.2) is 29.1 Å². The highest BCUT2D eigenvalue weighted by molar-refractivity contribution is 5.85. The van der Waals surface area contributed by atoms with Crippen molar-refractivity contribution in [2.45, 2.75) is 70.5 Å². The van der Waals surface area contributed by atoms with E-state index in [0.717, 1.165) is 54.6 Å². The summed E-state index contributed by atoms with van der Waals surface area (Å²) in [7, 11) is 1.67. The van der Waals surface area contributed by atoms with Crippen LogP contribution in [0.1, 0.15) is 56.3 Å². The highest BCUT2D eigenvalue weighted by atomic mass is 35.5. The van der Waals surface area contributed by atoms with Crippen LogP contribution in [-0.2, 0) is 19.5 Å². The van der Waals surface area contributed by atoms with Crippen LogP contribution >= 0.6 is 12.4 Å². The Labute approximate surface area is 188 Å². The molecule has 1 aromatic rings. The highest BCUT2D eigenvalue weighted by Gasteiger charge is 2.33. The first-order valence-corrected chi connectivity index (χ1v) is 11.1. The quantitative estimate of drug-likeness (QED) is 0.621. The van der Waals surface area contributed by atoms with Gasteiger partial charge in [0.25, 0.3) is 0 Å². The van der Waals surface area contributed by atoms with Crippen molar-refractivity contribution in [1.29, 1.82) is 0 Å². The number of imidazole rings is 1. The summed E-state index contributed by atoms with van der Waals surface area (Å²) in [5.74, 6) is 3.78. The van der Waals surface area contributed by atoms with Gasteiger partial charge < -0.3 is 10.1 Å². The van der Waals surface area contributed by atoms with Crippen molar-refractivity contribution in [1.82, 2.24) is 19.1 Å². The Balaban J connectivity index is 0.00000231. The van der Waals surface area contributed by atoms with Gasteiger partial charge in [0.2, 0.25) is 0 Å². The van der Waals surface area contributed by atoms with E-state index in [2.05, 4.69) is 24.4 Å². The lowest BCUT2D eigenvalue weighted by Crippen LogP contribution is -2.32. The average molecular weight is 444 g/mol. The number of nitrogens with one attached hydrogen (secondary N) is 1. The molecule has 5 rings (SSSR count). The molecule has 1 unspecified atom stereocenters. The summed E-state index contributed by atoms with van der Waals surface area (Å²) in [5, 5.41) is 3.58. The molecule has 7 nitrogen and oxygen atoms in total. The first-order chi connectivity index (χ1) is 14.7. The monoisotopic (exact) mass is 443 g/mol. The predicted molar refractivity (Wildman–Crippen MR) is 124 cm³/mol. The van der Waals surface area contributed by atoms with E-state index < -0.39 is 0 Å². The molecular weight excluding hydrogens is 414 g/mol. The van der Waals surface area contributed by atoms with Crippen molar-refractivity contribution < 1.29 is 4.74 Å². The molecule has 3 heterocycles. The number of fused-ring (bicyclic) bond motifs is 3. The number of hydrogen-bond acceptors (Lipinski definition) is 5. The van der Waals surface area contributed by atoms with Gasteiger partial charge in [0, 0.05) is 25.0 Å². The van der Waals surface area contributed by atoms with Gasteiger partial charge in [-0.2, -0.15) is 0 Å². The van der Waals surface area contributed by atoms with Crippen LogP contribution in [0.2, 0.25) is 0 Å². The first kappa shape index (κ1) is 21.7. The molecule has 0 amide bonds. The Morgan fingerprint density at radius 1 is 1.16 bits per heavy atom. The van der Waals surface area contributed by atoms with Crippen molar-refractivity contribution in [2.75, 3.05) is 12.4 Å². The molecular formula is C23H30ClN5O2. The molecule has 1 aliphatic carbocycles. The maximum atomic E-state index is 13.3. The van der Waals surface area contributed by atoms with Crippen LogP contribution in [0, 0.1) is 0 Å². The average Bonchev–Trinajstić information content (AvgIpc) is 3.50. The molecule has 1 saturated carbocycles. The maximum absolute atomic E-state index is 13.3. The van der Waals surface area contributed by atoms with Gasteiger partial charge in [0.1, 0.15) is 23.1 Å². The summed E-state index contributed by atoms with van der Waals surface area (Å²) in [6, 6.07) is 8.28. The standard InChI is InChI=1S/C23H29N5O2.ClH/c1-3-12-27-22-19(25-20(26-22)16-6-4-5-7-16)21-24-17(14-28(21)23(27)29)13-15-8-10-18(30-2)11-9-15;/h8-11,16-17,24H,3-7,12-14H2,1-2H3;1H. The van der Waals surface area contributed by atoms with E-state index in [1.807, 2.05) is 21.3 Å². The van der Waals surface area contributed by atoms with Gasteiger partial charge in [-0.1, -0.05) is 31.9 Å². The molecule has 1 fully saturated rings. The Morgan fingerprint density at radius 2 is 1.90 bits per heavy atom. The minimum absolute atomic E-state index is 0. The fourth-order valence-corrected chi connectivity index (χ4v) is 4.89. The highest BCUT2D eigenvalue weighted by Crippen LogP contribution is 2.37. The van der Waals surface area contributed by atoms with Crippen molar-refractivity contribution in [3.05, 3.63) is 46.1 Å². The number of rotatable bonds is 6. The van der Waals surface area contributed by atoms with Gasteiger partial charge in [-0.15, -0.1) is 12.4 Å². The summed E-state index contributed by atoms with van der Waals surface area (Å²) in [4.78, 5) is 23.1. The molecule has 4 aliphatic rings. The van der Waals surface area contributed by atoms with Crippen LogP contribution in [-0.4, -0.2) is 32.3 Å². The van der Waals surface area contributed by atoms with Gasteiger partial charge in [0.05, 0.1) is 7.11 Å². The number of hydrogen-bond donors (Lipinski definition) is 1. The van der Waals surface area contributed by atoms with E-state index >= 15 is 0 Å². The van der Waals surface area contributed by atoms with Crippen LogP contribution in [0.3, 0.4) is 0 Å². The predicted octanol–water partition coefficient (Wildman–Crippen LogP) is 4.08. The van der Waals surface area contributed by atoms with Crippen LogP contribution in [0.25, 0.3) is 11.5 Å². The van der Waals surface area contributed by atoms with E-state index in [1.165, 1.54) is 18.4 Å². The van der Waals surface area contributed by atoms with E-state index in [-0.39, 0.29) is 24.1 Å². The van der Waals surface area contributed by atoms with Crippen molar-refractivity contribution in [3.63, 3.8) is 0 Å². The van der Waals surface area contributed by atoms with Crippen molar-refractivity contribution in [2.24, 2.45) is 0 Å². The van der Waals surface area contributed by atoms with E-state index in [0.29, 0.717) is 19.0 Å². The van der Waals surface area contributed by atoms with Crippen LogP contribution in [0.5, 0.6) is 5.75 Å². The Kier molecular flexibility index (Phi) is 6.23. The smallest absolute Gasteiger partial charge is 0.331 e. The van der Waals surface area contributed by atoms with Gasteiger partial charge >= 0.3 is 5.69 Å². The SMILES string of the molecule is CCCn1c2nc(C3CCCC3)nc-2c2n(c1=O)CC(Cc1ccc(OC)cc1)N2.Cl. The summed E-state index contributed by atoms with van der Waals surface area (Å²) in [6.07, 6.45) is 6.51. The molecule has 1 aromatic carbocycles. The molecule has 1 N–H and O–H groups in total. The third-order valence-corrected chi connectivity index (χ3v) is 6.42. The van der Waals surface area contributed by atoms with Gasteiger partial charge in [0.15, 0.2) is 5.82 Å². The van der Waals surface area contributed by atoms with Crippen LogP contribution < -0.4 is 15.7 Å². The van der Waals surface area contributed by atoms with Gasteiger partial charge in [-0.05, 0) is 43.4 Å².